The number of fused-ring (bicyclic) bond motifs is 1. The van der Waals surface area contributed by atoms with E-state index in [0.29, 0.717) is 13.0 Å². The molecule has 0 amide bonds. The molecule has 28 heavy (non-hydrogen) atoms. The molecule has 0 aliphatic rings. The highest BCUT2D eigenvalue weighted by molar-refractivity contribution is 5.88. The highest BCUT2D eigenvalue weighted by Gasteiger charge is 2.10. The lowest BCUT2D eigenvalue weighted by atomic mass is 10.1. The molecule has 0 spiro atoms. The molecular weight excluding hydrogens is 350 g/mol. The first-order valence-corrected chi connectivity index (χ1v) is 9.41. The maximum absolute atomic E-state index is 10.7. The van der Waals surface area contributed by atoms with Crippen LogP contribution in [0.15, 0.2) is 66.2 Å². The lowest BCUT2D eigenvalue weighted by molar-refractivity contribution is -0.138. The Morgan fingerprint density at radius 3 is 2.68 bits per heavy atom. The van der Waals surface area contributed by atoms with E-state index >= 15 is 0 Å². The zero-order chi connectivity index (χ0) is 19.9. The molecule has 5 nitrogen and oxygen atoms in total. The van der Waals surface area contributed by atoms with Crippen LogP contribution in [0.4, 0.5) is 0 Å². The van der Waals surface area contributed by atoms with Gasteiger partial charge in [-0.2, -0.15) is 0 Å². The van der Waals surface area contributed by atoms with E-state index in [4.69, 9.17) is 10.8 Å². The molecule has 1 atom stereocenters. The summed E-state index contributed by atoms with van der Waals surface area (Å²) < 4.78 is 2.02. The second kappa shape index (κ2) is 9.15. The van der Waals surface area contributed by atoms with Crippen molar-refractivity contribution >= 4 is 29.2 Å². The number of carbonyl (C=O) groups is 1. The largest absolute Gasteiger partial charge is 0.480 e. The van der Waals surface area contributed by atoms with Gasteiger partial charge < -0.3 is 15.4 Å². The fourth-order valence-corrected chi connectivity index (χ4v) is 3.21. The summed E-state index contributed by atoms with van der Waals surface area (Å²) in [5, 5.41) is 11.2. The van der Waals surface area contributed by atoms with Crippen molar-refractivity contribution in [2.75, 3.05) is 6.54 Å². The Balaban J connectivity index is 1.68. The molecular formula is C23H25N3O2. The molecule has 0 saturated carbocycles. The highest BCUT2D eigenvalue weighted by atomic mass is 16.4. The van der Waals surface area contributed by atoms with Crippen LogP contribution in [0.5, 0.6) is 0 Å². The highest BCUT2D eigenvalue weighted by Crippen LogP contribution is 2.26. The Morgan fingerprint density at radius 1 is 1.14 bits per heavy atom. The zero-order valence-corrected chi connectivity index (χ0v) is 15.8. The van der Waals surface area contributed by atoms with E-state index in [1.54, 1.807) is 6.20 Å². The summed E-state index contributed by atoms with van der Waals surface area (Å²) in [7, 11) is 0. The summed E-state index contributed by atoms with van der Waals surface area (Å²) in [5.74, 6) is -0.950. The lowest BCUT2D eigenvalue weighted by Gasteiger charge is -2.08. The van der Waals surface area contributed by atoms with E-state index in [2.05, 4.69) is 48.0 Å². The summed E-state index contributed by atoms with van der Waals surface area (Å²) in [6, 6.07) is 18.0. The second-order valence-corrected chi connectivity index (χ2v) is 6.73. The van der Waals surface area contributed by atoms with Gasteiger partial charge in [-0.3, -0.25) is 9.79 Å². The summed E-state index contributed by atoms with van der Waals surface area (Å²) in [6.45, 7) is 4.58. The molecule has 144 valence electrons. The number of carboxylic acid groups (broad SMARTS) is 1. The molecule has 2 aromatic carbocycles. The fraction of sp³-hybridized carbons (Fsp3) is 0.217. The van der Waals surface area contributed by atoms with Crippen LogP contribution >= 0.6 is 0 Å². The molecule has 3 N–H and O–H groups in total. The third-order valence-corrected chi connectivity index (χ3v) is 4.77. The fourth-order valence-electron chi connectivity index (χ4n) is 3.21. The van der Waals surface area contributed by atoms with E-state index < -0.39 is 12.0 Å². The summed E-state index contributed by atoms with van der Waals surface area (Å²) in [5.41, 5.74) is 8.65. The molecule has 0 saturated heterocycles. The first kappa shape index (κ1) is 19.6. The van der Waals surface area contributed by atoms with Gasteiger partial charge in [0.15, 0.2) is 0 Å². The molecule has 0 unspecified atom stereocenters. The van der Waals surface area contributed by atoms with Gasteiger partial charge in [-0.05, 0) is 53.8 Å². The SMILES string of the molecule is C=Cn1c(C=NCCCC[C@H](N)C(=O)O)ccc1-c1ccc2ccccc2c1. The van der Waals surface area contributed by atoms with Crippen molar-refractivity contribution in [2.45, 2.75) is 25.3 Å². The molecule has 1 heterocycles. The van der Waals surface area contributed by atoms with Crippen molar-refractivity contribution in [3.63, 3.8) is 0 Å². The number of aliphatic carboxylic acids is 1. The van der Waals surface area contributed by atoms with Gasteiger partial charge in [-0.25, -0.2) is 0 Å². The minimum Gasteiger partial charge on any atom is -0.480 e. The average molecular weight is 375 g/mol. The first-order chi connectivity index (χ1) is 13.6. The molecule has 1 aromatic heterocycles. The van der Waals surface area contributed by atoms with Crippen molar-refractivity contribution in [3.05, 3.63) is 66.9 Å². The first-order valence-electron chi connectivity index (χ1n) is 9.41. The molecule has 0 bridgehead atoms. The standard InChI is InChI=1S/C23H25N3O2/c1-2-26-20(16-25-14-6-5-9-21(24)23(27)28)12-13-22(26)19-11-10-17-7-3-4-8-18(17)15-19/h2-4,7-8,10-13,15-16,21H,1,5-6,9,14,24H2,(H,27,28)/t21-/m0/s1. The van der Waals surface area contributed by atoms with E-state index in [-0.39, 0.29) is 0 Å². The van der Waals surface area contributed by atoms with E-state index in [0.717, 1.165) is 29.8 Å². The summed E-state index contributed by atoms with van der Waals surface area (Å²) in [6.07, 6.45) is 5.65. The third-order valence-electron chi connectivity index (χ3n) is 4.77. The van der Waals surface area contributed by atoms with Crippen LogP contribution in [0.1, 0.15) is 25.0 Å². The van der Waals surface area contributed by atoms with Gasteiger partial charge in [-0.15, -0.1) is 0 Å². The number of nitrogens with zero attached hydrogens (tertiary/aromatic N) is 2. The number of rotatable bonds is 9. The number of benzene rings is 2. The van der Waals surface area contributed by atoms with Crippen molar-refractivity contribution in [1.82, 2.24) is 4.57 Å². The van der Waals surface area contributed by atoms with Crippen LogP contribution in [0.2, 0.25) is 0 Å². The number of hydrogen-bond donors (Lipinski definition) is 2. The van der Waals surface area contributed by atoms with Gasteiger partial charge in [0.2, 0.25) is 0 Å². The van der Waals surface area contributed by atoms with Gasteiger partial charge in [0.25, 0.3) is 0 Å². The van der Waals surface area contributed by atoms with Gasteiger partial charge >= 0.3 is 5.97 Å². The number of nitrogens with two attached hydrogens (primary N) is 1. The van der Waals surface area contributed by atoms with E-state index in [1.165, 1.54) is 10.8 Å². The van der Waals surface area contributed by atoms with E-state index in [9.17, 15) is 4.79 Å². The van der Waals surface area contributed by atoms with Crippen LogP contribution in [0.25, 0.3) is 28.2 Å². The van der Waals surface area contributed by atoms with Crippen LogP contribution in [-0.4, -0.2) is 34.4 Å². The minimum atomic E-state index is -0.950. The quantitative estimate of drug-likeness (QED) is 0.429. The van der Waals surface area contributed by atoms with Crippen LogP contribution in [0, 0.1) is 0 Å². The third kappa shape index (κ3) is 4.56. The average Bonchev–Trinajstić information content (AvgIpc) is 3.12. The minimum absolute atomic E-state index is 0.472. The summed E-state index contributed by atoms with van der Waals surface area (Å²) >= 11 is 0. The Hall–Kier alpha value is -3.18. The van der Waals surface area contributed by atoms with Crippen molar-refractivity contribution < 1.29 is 9.90 Å². The Morgan fingerprint density at radius 2 is 1.93 bits per heavy atom. The number of unbranched alkanes of at least 4 members (excludes halogenated alkanes) is 1. The van der Waals surface area contributed by atoms with Gasteiger partial charge in [0.1, 0.15) is 6.04 Å². The predicted molar refractivity (Wildman–Crippen MR) is 116 cm³/mol. The maximum Gasteiger partial charge on any atom is 0.320 e. The van der Waals surface area contributed by atoms with Crippen molar-refractivity contribution in [3.8, 4) is 11.3 Å². The topological polar surface area (TPSA) is 80.6 Å². The monoisotopic (exact) mass is 375 g/mol. The second-order valence-electron chi connectivity index (χ2n) is 6.73. The van der Waals surface area contributed by atoms with Crippen LogP contribution in [0.3, 0.4) is 0 Å². The molecule has 5 heteroatoms. The molecule has 3 aromatic rings. The lowest BCUT2D eigenvalue weighted by Crippen LogP contribution is -2.29. The molecule has 0 fully saturated rings. The van der Waals surface area contributed by atoms with Crippen LogP contribution in [-0.2, 0) is 4.79 Å². The Kier molecular flexibility index (Phi) is 6.40. The van der Waals surface area contributed by atoms with E-state index in [1.807, 2.05) is 29.0 Å². The molecule has 0 radical (unpaired) electrons. The number of hydrogen-bond acceptors (Lipinski definition) is 3. The smallest absolute Gasteiger partial charge is 0.320 e. The van der Waals surface area contributed by atoms with Crippen LogP contribution < -0.4 is 5.73 Å². The van der Waals surface area contributed by atoms with Crippen molar-refractivity contribution in [1.29, 1.82) is 0 Å². The summed E-state index contributed by atoms with van der Waals surface area (Å²) in [4.78, 5) is 15.2. The van der Waals surface area contributed by atoms with Crippen molar-refractivity contribution in [2.24, 2.45) is 10.7 Å². The normalized spacial score (nSPS) is 12.5. The number of carboxylic acids is 1. The predicted octanol–water partition coefficient (Wildman–Crippen LogP) is 4.41. The molecule has 0 aliphatic heterocycles. The number of aromatic nitrogens is 1. The Labute approximate surface area is 164 Å². The Bertz CT molecular complexity index is 1000. The van der Waals surface area contributed by atoms with Gasteiger partial charge in [0.05, 0.1) is 11.4 Å². The van der Waals surface area contributed by atoms with Gasteiger partial charge in [0, 0.05) is 19.0 Å². The number of aliphatic imine (C=N–C) groups is 1. The molecule has 3 rings (SSSR count). The zero-order valence-electron chi connectivity index (χ0n) is 15.8. The molecule has 0 aliphatic carbocycles. The van der Waals surface area contributed by atoms with Gasteiger partial charge in [-0.1, -0.05) is 43.0 Å². The maximum atomic E-state index is 10.7.